The first-order valence-electron chi connectivity index (χ1n) is 12.8. The molecule has 1 aromatic carbocycles. The lowest BCUT2D eigenvalue weighted by molar-refractivity contribution is -0.189. The van der Waals surface area contributed by atoms with Crippen molar-refractivity contribution in [2.75, 3.05) is 7.11 Å². The zero-order valence-corrected chi connectivity index (χ0v) is 22.4. The van der Waals surface area contributed by atoms with Crippen LogP contribution in [0.25, 0.3) is 0 Å². The average molecular weight is 511 g/mol. The van der Waals surface area contributed by atoms with Gasteiger partial charge in [-0.3, -0.25) is 9.59 Å². The topological polar surface area (TPSA) is 112 Å². The van der Waals surface area contributed by atoms with Crippen molar-refractivity contribution >= 4 is 11.6 Å². The van der Waals surface area contributed by atoms with E-state index in [2.05, 4.69) is 0 Å². The summed E-state index contributed by atoms with van der Waals surface area (Å²) in [5, 5.41) is 21.6. The van der Waals surface area contributed by atoms with Crippen molar-refractivity contribution in [1.29, 1.82) is 0 Å². The minimum Gasteiger partial charge on any atom is -0.507 e. The van der Waals surface area contributed by atoms with Crippen LogP contribution < -0.4 is 9.47 Å². The van der Waals surface area contributed by atoms with Crippen LogP contribution in [0.4, 0.5) is 0 Å². The van der Waals surface area contributed by atoms with Gasteiger partial charge in [-0.1, -0.05) is 11.6 Å². The Morgan fingerprint density at radius 3 is 2.59 bits per heavy atom. The van der Waals surface area contributed by atoms with Gasteiger partial charge in [0.1, 0.15) is 34.5 Å². The minimum absolute atomic E-state index is 0.0384. The largest absolute Gasteiger partial charge is 0.507 e. The molecule has 0 aromatic heterocycles. The van der Waals surface area contributed by atoms with E-state index in [1.54, 1.807) is 19.9 Å². The molecule has 1 aromatic rings. The molecule has 3 aliphatic carbocycles. The third kappa shape index (κ3) is 2.79. The summed E-state index contributed by atoms with van der Waals surface area (Å²) in [6.07, 6.45) is 3.76. The average Bonchev–Trinajstić information content (AvgIpc) is 3.30. The molecule has 3 heterocycles. The van der Waals surface area contributed by atoms with E-state index < -0.39 is 39.9 Å². The minimum atomic E-state index is -1.50. The Labute approximate surface area is 216 Å². The molecule has 6 aliphatic rings. The summed E-state index contributed by atoms with van der Waals surface area (Å²) in [5.74, 6) is -0.757. The van der Waals surface area contributed by atoms with Gasteiger partial charge in [0.05, 0.1) is 11.2 Å². The predicted molar refractivity (Wildman–Crippen MR) is 133 cm³/mol. The summed E-state index contributed by atoms with van der Waals surface area (Å²) in [5.41, 5.74) is -4.28. The summed E-state index contributed by atoms with van der Waals surface area (Å²) in [7, 11) is 1.48. The second-order valence-corrected chi connectivity index (χ2v) is 12.5. The summed E-state index contributed by atoms with van der Waals surface area (Å²) in [6.45, 7) is 11.0. The number of methoxy groups -OCH3 is 1. The maximum Gasteiger partial charge on any atom is 0.205 e. The van der Waals surface area contributed by atoms with E-state index in [0.717, 1.165) is 5.57 Å². The number of hydrogen-bond donors (Lipinski definition) is 2. The van der Waals surface area contributed by atoms with Gasteiger partial charge < -0.3 is 29.2 Å². The number of phenolic OH excluding ortho intramolecular Hbond substituents is 1. The molecule has 8 heteroatoms. The van der Waals surface area contributed by atoms with Crippen molar-refractivity contribution in [3.63, 3.8) is 0 Å². The zero-order valence-electron chi connectivity index (χ0n) is 22.4. The molecule has 1 spiro atoms. The number of Topliss-reactive ketones (excluding diaryl/α,β-unsaturated/α-hetero) is 2. The van der Waals surface area contributed by atoms with Crippen LogP contribution in [-0.4, -0.2) is 63.0 Å². The molecule has 37 heavy (non-hydrogen) atoms. The Morgan fingerprint density at radius 2 is 1.97 bits per heavy atom. The third-order valence-electron chi connectivity index (χ3n) is 9.07. The van der Waals surface area contributed by atoms with Crippen molar-refractivity contribution in [2.45, 2.75) is 94.9 Å². The number of fused-ring (bicyclic) bond motifs is 3. The van der Waals surface area contributed by atoms with E-state index in [1.807, 2.05) is 33.8 Å². The lowest BCUT2D eigenvalue weighted by Gasteiger charge is -2.59. The molecule has 1 unspecified atom stereocenters. The highest BCUT2D eigenvalue weighted by Gasteiger charge is 2.84. The molecule has 3 aliphatic heterocycles. The molecule has 2 N–H and O–H groups in total. The lowest BCUT2D eigenvalue weighted by Crippen LogP contribution is -2.77. The van der Waals surface area contributed by atoms with Crippen LogP contribution in [0.3, 0.4) is 0 Å². The van der Waals surface area contributed by atoms with Crippen LogP contribution in [0.15, 0.2) is 29.4 Å². The van der Waals surface area contributed by atoms with Crippen molar-refractivity contribution in [2.24, 2.45) is 5.92 Å². The van der Waals surface area contributed by atoms with E-state index in [1.165, 1.54) is 13.2 Å². The second kappa shape index (κ2) is 7.04. The van der Waals surface area contributed by atoms with Crippen molar-refractivity contribution in [1.82, 2.24) is 0 Å². The summed E-state index contributed by atoms with van der Waals surface area (Å²) < 4.78 is 25.5. The van der Waals surface area contributed by atoms with E-state index in [-0.39, 0.29) is 41.6 Å². The van der Waals surface area contributed by atoms with E-state index in [9.17, 15) is 19.8 Å². The van der Waals surface area contributed by atoms with Gasteiger partial charge >= 0.3 is 0 Å². The number of aromatic hydroxyl groups is 1. The van der Waals surface area contributed by atoms with Crippen molar-refractivity contribution < 1.29 is 38.7 Å². The monoisotopic (exact) mass is 510 g/mol. The van der Waals surface area contributed by atoms with Gasteiger partial charge in [-0.2, -0.15) is 0 Å². The third-order valence-corrected chi connectivity index (χ3v) is 9.07. The predicted octanol–water partition coefficient (Wildman–Crippen LogP) is 3.60. The Bertz CT molecular complexity index is 1330. The Balaban J connectivity index is 1.64. The van der Waals surface area contributed by atoms with Crippen molar-refractivity contribution in [3.05, 3.63) is 40.5 Å². The number of ether oxygens (including phenoxy) is 4. The van der Waals surface area contributed by atoms with Crippen LogP contribution in [0.2, 0.25) is 0 Å². The molecule has 7 rings (SSSR count). The number of carbonyl (C=O) groups excluding carboxylic acids is 2. The van der Waals surface area contributed by atoms with Crippen LogP contribution >= 0.6 is 0 Å². The molecule has 8 nitrogen and oxygen atoms in total. The second-order valence-electron chi connectivity index (χ2n) is 12.5. The molecular formula is C29H34O8. The van der Waals surface area contributed by atoms with Gasteiger partial charge in [0.25, 0.3) is 0 Å². The van der Waals surface area contributed by atoms with Gasteiger partial charge in [-0.25, -0.2) is 0 Å². The van der Waals surface area contributed by atoms with Crippen LogP contribution in [0.5, 0.6) is 17.2 Å². The van der Waals surface area contributed by atoms with E-state index >= 15 is 0 Å². The number of rotatable bonds is 4. The van der Waals surface area contributed by atoms with E-state index in [4.69, 9.17) is 18.9 Å². The highest BCUT2D eigenvalue weighted by atomic mass is 16.6. The highest BCUT2D eigenvalue weighted by Crippen LogP contribution is 2.69. The Kier molecular flexibility index (Phi) is 4.69. The summed E-state index contributed by atoms with van der Waals surface area (Å²) >= 11 is 0. The molecule has 4 bridgehead atoms. The number of carbonyl (C=O) groups is 2. The van der Waals surface area contributed by atoms with Gasteiger partial charge in [0, 0.05) is 43.1 Å². The Morgan fingerprint density at radius 1 is 1.27 bits per heavy atom. The lowest BCUT2D eigenvalue weighted by atomic mass is 9.49. The SMILES string of the molecule is CO[C@]12C=C3C(=O)c4c(O)cc5c(c4OC34[C@@H](C1)C(C)(C)O[C@]4(CC=C(C)C)C2=O)C[C@@H](C(C)(C)O)O5. The highest BCUT2D eigenvalue weighted by molar-refractivity contribution is 6.19. The zero-order chi connectivity index (χ0) is 26.9. The maximum absolute atomic E-state index is 14.4. The van der Waals surface area contributed by atoms with Gasteiger partial charge in [0.2, 0.25) is 5.78 Å². The van der Waals surface area contributed by atoms with Crippen LogP contribution in [0, 0.1) is 5.92 Å². The molecule has 1 saturated carbocycles. The Hall–Kier alpha value is -2.68. The standard InChI is InChI=1S/C29H34O8/c1-14(2)8-9-28-24(32)27(34-7)12-16-22(31)21-17(30)11-18-15(10-20(35-18)25(3,4)33)23(21)36-29(16,28)19(13-27)26(5,6)37-28/h8,11-12,19-20,30,33H,9-10,13H2,1-7H3/t19-,20-,27+,28+,29?/m0/s1. The first-order chi connectivity index (χ1) is 17.1. The molecule has 0 amide bonds. The van der Waals surface area contributed by atoms with Gasteiger partial charge in [-0.05, 0) is 54.0 Å². The van der Waals surface area contributed by atoms with E-state index in [0.29, 0.717) is 23.3 Å². The molecular weight excluding hydrogens is 476 g/mol. The van der Waals surface area contributed by atoms with Gasteiger partial charge in [0.15, 0.2) is 17.0 Å². The van der Waals surface area contributed by atoms with Gasteiger partial charge in [-0.15, -0.1) is 0 Å². The number of allylic oxidation sites excluding steroid dienone is 1. The smallest absolute Gasteiger partial charge is 0.205 e. The first-order valence-corrected chi connectivity index (χ1v) is 12.8. The number of aliphatic hydroxyl groups is 1. The van der Waals surface area contributed by atoms with Crippen LogP contribution in [-0.2, 0) is 20.7 Å². The maximum atomic E-state index is 14.4. The first kappa shape index (κ1) is 24.6. The molecule has 0 radical (unpaired) electrons. The van der Waals surface area contributed by atoms with Crippen molar-refractivity contribution in [3.8, 4) is 17.2 Å². The fourth-order valence-electron chi connectivity index (χ4n) is 7.25. The fourth-order valence-corrected chi connectivity index (χ4v) is 7.25. The number of ketones is 2. The molecule has 1 saturated heterocycles. The summed E-state index contributed by atoms with van der Waals surface area (Å²) in [4.78, 5) is 28.6. The molecule has 198 valence electrons. The normalized spacial score (nSPS) is 36.3. The van der Waals surface area contributed by atoms with Crippen LogP contribution in [0.1, 0.15) is 70.3 Å². The molecule has 2 fully saturated rings. The fraction of sp³-hybridized carbons (Fsp3) is 0.586. The number of hydrogen-bond acceptors (Lipinski definition) is 8. The quantitative estimate of drug-likeness (QED) is 0.591. The summed E-state index contributed by atoms with van der Waals surface area (Å²) in [6, 6.07) is 1.41. The molecule has 5 atom stereocenters. The number of phenols is 1. The number of benzene rings is 1.